The van der Waals surface area contributed by atoms with Crippen LogP contribution in [0.2, 0.25) is 0 Å². The van der Waals surface area contributed by atoms with Crippen LogP contribution in [0, 0.1) is 11.8 Å². The summed E-state index contributed by atoms with van der Waals surface area (Å²) in [7, 11) is 0. The van der Waals surface area contributed by atoms with E-state index in [1.165, 1.54) is 11.1 Å². The lowest BCUT2D eigenvalue weighted by atomic mass is 9.85. The first-order valence-corrected chi connectivity index (χ1v) is 11.3. The van der Waals surface area contributed by atoms with Crippen LogP contribution in [-0.4, -0.2) is 26.4 Å². The lowest BCUT2D eigenvalue weighted by molar-refractivity contribution is 0.286. The van der Waals surface area contributed by atoms with E-state index in [1.807, 2.05) is 39.8 Å². The molecule has 166 valence electrons. The molecule has 2 rings (SSSR count). The summed E-state index contributed by atoms with van der Waals surface area (Å²) >= 11 is 0. The molecule has 0 heterocycles. The second-order valence-corrected chi connectivity index (χ2v) is 7.66. The summed E-state index contributed by atoms with van der Waals surface area (Å²) in [6.07, 6.45) is 2.01. The smallest absolute Gasteiger partial charge is 0.161 e. The topological polar surface area (TPSA) is 36.9 Å². The number of rotatable bonds is 13. The molecule has 4 heteroatoms. The lowest BCUT2D eigenvalue weighted by Gasteiger charge is -2.22. The largest absolute Gasteiger partial charge is 0.490 e. The van der Waals surface area contributed by atoms with Crippen LogP contribution in [0.15, 0.2) is 36.4 Å². The minimum atomic E-state index is 0.527. The number of hydrogen-bond acceptors (Lipinski definition) is 4. The predicted octanol–water partition coefficient (Wildman–Crippen LogP) is 6.34. The zero-order chi connectivity index (χ0) is 21.9. The lowest BCUT2D eigenvalue weighted by Crippen LogP contribution is -2.14. The van der Waals surface area contributed by atoms with E-state index in [0.29, 0.717) is 38.3 Å². The molecule has 0 fully saturated rings. The molecule has 4 nitrogen and oxygen atoms in total. The van der Waals surface area contributed by atoms with Gasteiger partial charge in [0.1, 0.15) is 0 Å². The van der Waals surface area contributed by atoms with E-state index in [2.05, 4.69) is 38.1 Å². The number of hydrogen-bond donors (Lipinski definition) is 0. The summed E-state index contributed by atoms with van der Waals surface area (Å²) in [5.74, 6) is 4.37. The van der Waals surface area contributed by atoms with Gasteiger partial charge in [-0.2, -0.15) is 0 Å². The van der Waals surface area contributed by atoms with Crippen molar-refractivity contribution in [2.45, 2.75) is 54.4 Å². The number of ether oxygens (including phenoxy) is 4. The van der Waals surface area contributed by atoms with Gasteiger partial charge in [0.15, 0.2) is 23.0 Å². The van der Waals surface area contributed by atoms with Gasteiger partial charge in [-0.15, -0.1) is 0 Å². The molecule has 0 saturated carbocycles. The van der Waals surface area contributed by atoms with Crippen LogP contribution < -0.4 is 18.9 Å². The van der Waals surface area contributed by atoms with Gasteiger partial charge in [0.2, 0.25) is 0 Å². The highest BCUT2D eigenvalue weighted by Gasteiger charge is 2.16. The molecule has 0 aliphatic rings. The molecule has 0 aliphatic heterocycles. The van der Waals surface area contributed by atoms with Crippen molar-refractivity contribution in [2.24, 2.45) is 11.8 Å². The van der Waals surface area contributed by atoms with Crippen LogP contribution in [-0.2, 0) is 12.8 Å². The Balaban J connectivity index is 2.06. The predicted molar refractivity (Wildman–Crippen MR) is 123 cm³/mol. The minimum Gasteiger partial charge on any atom is -0.490 e. The van der Waals surface area contributed by atoms with E-state index < -0.39 is 0 Å². The molecule has 0 amide bonds. The monoisotopic (exact) mass is 414 g/mol. The Bertz CT molecular complexity index is 706. The van der Waals surface area contributed by atoms with Gasteiger partial charge in [-0.1, -0.05) is 26.0 Å². The van der Waals surface area contributed by atoms with Crippen molar-refractivity contribution >= 4 is 0 Å². The molecule has 0 saturated heterocycles. The van der Waals surface area contributed by atoms with E-state index in [9.17, 15) is 0 Å². The Labute approximate surface area is 182 Å². The first kappa shape index (κ1) is 23.9. The third-order valence-corrected chi connectivity index (χ3v) is 5.30. The molecule has 2 atom stereocenters. The van der Waals surface area contributed by atoms with Gasteiger partial charge in [0, 0.05) is 0 Å². The highest BCUT2D eigenvalue weighted by atomic mass is 16.5. The first-order chi connectivity index (χ1) is 14.5. The Kier molecular flexibility index (Phi) is 9.85. The molecule has 0 radical (unpaired) electrons. The van der Waals surface area contributed by atoms with Gasteiger partial charge < -0.3 is 18.9 Å². The summed E-state index contributed by atoms with van der Waals surface area (Å²) in [5, 5.41) is 0. The average Bonchev–Trinajstić information content (AvgIpc) is 2.72. The molecule has 0 aliphatic carbocycles. The highest BCUT2D eigenvalue weighted by molar-refractivity contribution is 5.44. The van der Waals surface area contributed by atoms with Gasteiger partial charge in [-0.25, -0.2) is 0 Å². The van der Waals surface area contributed by atoms with Crippen molar-refractivity contribution in [3.63, 3.8) is 0 Å². The van der Waals surface area contributed by atoms with Crippen LogP contribution in [0.1, 0.15) is 52.7 Å². The first-order valence-electron chi connectivity index (χ1n) is 11.3. The average molecular weight is 415 g/mol. The van der Waals surface area contributed by atoms with Crippen LogP contribution in [0.25, 0.3) is 0 Å². The Morgan fingerprint density at radius 3 is 1.20 bits per heavy atom. The van der Waals surface area contributed by atoms with Crippen LogP contribution in [0.4, 0.5) is 0 Å². The van der Waals surface area contributed by atoms with E-state index in [-0.39, 0.29) is 0 Å². The second kappa shape index (κ2) is 12.4. The maximum absolute atomic E-state index is 5.78. The molecular weight excluding hydrogens is 376 g/mol. The van der Waals surface area contributed by atoms with Crippen molar-refractivity contribution in [2.75, 3.05) is 26.4 Å². The number of benzene rings is 2. The zero-order valence-corrected chi connectivity index (χ0v) is 19.5. The van der Waals surface area contributed by atoms with Gasteiger partial charge >= 0.3 is 0 Å². The molecule has 2 aromatic carbocycles. The van der Waals surface area contributed by atoms with Crippen molar-refractivity contribution < 1.29 is 18.9 Å². The Morgan fingerprint density at radius 1 is 0.533 bits per heavy atom. The van der Waals surface area contributed by atoms with E-state index in [0.717, 1.165) is 35.8 Å². The third kappa shape index (κ3) is 6.86. The fraction of sp³-hybridized carbons (Fsp3) is 0.538. The summed E-state index contributed by atoms with van der Waals surface area (Å²) in [6.45, 7) is 15.2. The molecule has 2 unspecified atom stereocenters. The van der Waals surface area contributed by atoms with Gasteiger partial charge in [0.05, 0.1) is 26.4 Å². The van der Waals surface area contributed by atoms with E-state index in [4.69, 9.17) is 18.9 Å². The highest BCUT2D eigenvalue weighted by Crippen LogP contribution is 2.32. The second-order valence-electron chi connectivity index (χ2n) is 7.66. The van der Waals surface area contributed by atoms with Crippen molar-refractivity contribution in [1.29, 1.82) is 0 Å². The van der Waals surface area contributed by atoms with Crippen molar-refractivity contribution in [3.05, 3.63) is 47.5 Å². The molecule has 2 aromatic rings. The summed E-state index contributed by atoms with van der Waals surface area (Å²) in [4.78, 5) is 0. The third-order valence-electron chi connectivity index (χ3n) is 5.30. The van der Waals surface area contributed by atoms with Crippen molar-refractivity contribution in [3.8, 4) is 23.0 Å². The molecule has 0 N–H and O–H groups in total. The molecule has 0 bridgehead atoms. The summed E-state index contributed by atoms with van der Waals surface area (Å²) in [6, 6.07) is 12.6. The van der Waals surface area contributed by atoms with Gasteiger partial charge in [-0.3, -0.25) is 0 Å². The molecule has 30 heavy (non-hydrogen) atoms. The van der Waals surface area contributed by atoms with Crippen LogP contribution in [0.3, 0.4) is 0 Å². The standard InChI is InChI=1S/C26H38O4/c1-7-27-23-13-11-21(17-25(23)29-9-3)15-19(5)20(6)16-22-12-14-24(28-8-2)26(18-22)30-10-4/h11-14,17-20H,7-10,15-16H2,1-6H3. The quantitative estimate of drug-likeness (QED) is 0.383. The minimum absolute atomic E-state index is 0.527. The zero-order valence-electron chi connectivity index (χ0n) is 19.5. The van der Waals surface area contributed by atoms with E-state index in [1.54, 1.807) is 0 Å². The molecule has 0 spiro atoms. The van der Waals surface area contributed by atoms with Crippen LogP contribution >= 0.6 is 0 Å². The van der Waals surface area contributed by atoms with Crippen LogP contribution in [0.5, 0.6) is 23.0 Å². The van der Waals surface area contributed by atoms with Gasteiger partial charge in [0.25, 0.3) is 0 Å². The SMILES string of the molecule is CCOc1ccc(CC(C)C(C)Cc2ccc(OCC)c(OCC)c2)cc1OCC. The maximum Gasteiger partial charge on any atom is 0.161 e. The van der Waals surface area contributed by atoms with Gasteiger partial charge in [-0.05, 0) is 87.8 Å². The Morgan fingerprint density at radius 2 is 0.867 bits per heavy atom. The van der Waals surface area contributed by atoms with Crippen molar-refractivity contribution in [1.82, 2.24) is 0 Å². The Hall–Kier alpha value is -2.36. The summed E-state index contributed by atoms with van der Waals surface area (Å²) < 4.78 is 22.9. The van der Waals surface area contributed by atoms with E-state index >= 15 is 0 Å². The maximum atomic E-state index is 5.78. The molecular formula is C26H38O4. The fourth-order valence-electron chi connectivity index (χ4n) is 3.59. The fourth-order valence-corrected chi connectivity index (χ4v) is 3.59. The summed E-state index contributed by atoms with van der Waals surface area (Å²) in [5.41, 5.74) is 2.56. The normalized spacial score (nSPS) is 12.9. The molecule has 0 aromatic heterocycles.